The average Bonchev–Trinajstić information content (AvgIpc) is 2.89. The second kappa shape index (κ2) is 6.12. The molecule has 5 nitrogen and oxygen atoms in total. The van der Waals surface area contributed by atoms with Gasteiger partial charge in [0.05, 0.1) is 18.2 Å². The van der Waals surface area contributed by atoms with Crippen molar-refractivity contribution >= 4 is 11.4 Å². The maximum atomic E-state index is 13.1. The lowest BCUT2D eigenvalue weighted by Crippen LogP contribution is -2.11. The lowest BCUT2D eigenvalue weighted by molar-refractivity contribution is -0.137. The fourth-order valence-corrected chi connectivity index (χ4v) is 2.55. The van der Waals surface area contributed by atoms with Gasteiger partial charge in [0, 0.05) is 18.0 Å². The molecule has 0 aliphatic carbocycles. The number of rotatable bonds is 3. The summed E-state index contributed by atoms with van der Waals surface area (Å²) in [4.78, 5) is 16.6. The third kappa shape index (κ3) is 3.15. The van der Waals surface area contributed by atoms with Crippen LogP contribution in [0.4, 0.5) is 13.2 Å². The van der Waals surface area contributed by atoms with Gasteiger partial charge in [-0.15, -0.1) is 0 Å². The normalized spacial score (nSPS) is 17.6. The monoisotopic (exact) mass is 350 g/mol. The number of benzene rings is 1. The van der Waals surface area contributed by atoms with Gasteiger partial charge in [0.1, 0.15) is 5.75 Å². The Labute approximate surface area is 140 Å². The van der Waals surface area contributed by atoms with Crippen molar-refractivity contribution in [1.29, 1.82) is 0 Å². The van der Waals surface area contributed by atoms with Crippen LogP contribution in [0.5, 0.6) is 5.75 Å². The Morgan fingerprint density at radius 3 is 2.64 bits per heavy atom. The van der Waals surface area contributed by atoms with Crippen LogP contribution in [0.3, 0.4) is 0 Å². The summed E-state index contributed by atoms with van der Waals surface area (Å²) in [6.45, 7) is 0. The molecule has 1 aromatic carbocycles. The summed E-state index contributed by atoms with van der Waals surface area (Å²) in [7, 11) is 1.24. The molecule has 0 saturated heterocycles. The molecule has 1 unspecified atom stereocenters. The summed E-state index contributed by atoms with van der Waals surface area (Å²) >= 11 is 0. The van der Waals surface area contributed by atoms with Crippen molar-refractivity contribution < 1.29 is 27.4 Å². The molecule has 0 bridgehead atoms. The zero-order valence-electron chi connectivity index (χ0n) is 13.0. The van der Waals surface area contributed by atoms with Crippen LogP contribution >= 0.6 is 0 Å². The molecule has 0 saturated carbocycles. The van der Waals surface area contributed by atoms with E-state index in [9.17, 15) is 18.0 Å². The van der Waals surface area contributed by atoms with E-state index in [1.807, 2.05) is 0 Å². The predicted molar refractivity (Wildman–Crippen MR) is 82.2 cm³/mol. The molecule has 3 rings (SSSR count). The Balaban J connectivity index is 2.04. The van der Waals surface area contributed by atoms with Gasteiger partial charge >= 0.3 is 6.18 Å². The van der Waals surface area contributed by atoms with Gasteiger partial charge in [-0.25, -0.2) is 0 Å². The minimum atomic E-state index is -4.59. The van der Waals surface area contributed by atoms with E-state index in [1.54, 1.807) is 12.1 Å². The lowest BCUT2D eigenvalue weighted by Gasteiger charge is -2.12. The number of Topliss-reactive ketones (excluding diaryl/α,β-unsaturated/α-hetero) is 1. The maximum Gasteiger partial charge on any atom is 0.416 e. The van der Waals surface area contributed by atoms with Crippen LogP contribution in [0.15, 0.2) is 48.6 Å². The second-order valence-electron chi connectivity index (χ2n) is 5.34. The molecule has 0 spiro atoms. The number of nitrogens with two attached hydrogens (primary N) is 1. The number of ketones is 1. The molecule has 0 fully saturated rings. The van der Waals surface area contributed by atoms with E-state index < -0.39 is 23.6 Å². The van der Waals surface area contributed by atoms with Crippen LogP contribution in [0.2, 0.25) is 0 Å². The standard InChI is InChI=1S/C17H13F3N2O3/c1-24-12-6-10(5-11(7-12)17(18,19)20)13-14(23)15(25-16(13)21)9-3-2-4-22-8-9/h2-8,15H,21H2,1H3. The Bertz CT molecular complexity index is 848. The summed E-state index contributed by atoms with van der Waals surface area (Å²) in [5, 5.41) is 0. The summed E-state index contributed by atoms with van der Waals surface area (Å²) in [6.07, 6.45) is -2.67. The number of carbonyl (C=O) groups excluding carboxylic acids is 1. The first kappa shape index (κ1) is 16.8. The molecule has 1 aliphatic heterocycles. The Kier molecular flexibility index (Phi) is 4.12. The molecule has 2 aromatic rings. The number of alkyl halides is 3. The van der Waals surface area contributed by atoms with Crippen molar-refractivity contribution in [3.05, 3.63) is 65.3 Å². The predicted octanol–water partition coefficient (Wildman–Crippen LogP) is 3.08. The van der Waals surface area contributed by atoms with Crippen LogP contribution in [-0.4, -0.2) is 17.9 Å². The van der Waals surface area contributed by atoms with Gasteiger partial charge in [-0.3, -0.25) is 9.78 Å². The molecule has 2 heterocycles. The Morgan fingerprint density at radius 2 is 2.04 bits per heavy atom. The Morgan fingerprint density at radius 1 is 1.28 bits per heavy atom. The highest BCUT2D eigenvalue weighted by molar-refractivity contribution is 6.25. The number of carbonyl (C=O) groups is 1. The van der Waals surface area contributed by atoms with Gasteiger partial charge < -0.3 is 15.2 Å². The molecule has 2 N–H and O–H groups in total. The molecule has 25 heavy (non-hydrogen) atoms. The molecule has 1 atom stereocenters. The van der Waals surface area contributed by atoms with E-state index in [4.69, 9.17) is 15.2 Å². The van der Waals surface area contributed by atoms with Crippen molar-refractivity contribution in [2.75, 3.05) is 7.11 Å². The van der Waals surface area contributed by atoms with Crippen molar-refractivity contribution in [3.8, 4) is 5.75 Å². The number of hydrogen-bond donors (Lipinski definition) is 1. The van der Waals surface area contributed by atoms with Gasteiger partial charge in [-0.05, 0) is 29.8 Å². The van der Waals surface area contributed by atoms with E-state index >= 15 is 0 Å². The van der Waals surface area contributed by atoms with E-state index in [0.29, 0.717) is 5.56 Å². The second-order valence-corrected chi connectivity index (χ2v) is 5.34. The van der Waals surface area contributed by atoms with Crippen molar-refractivity contribution in [1.82, 2.24) is 4.98 Å². The SMILES string of the molecule is COc1cc(C2=C(N)OC(c3cccnc3)C2=O)cc(C(F)(F)F)c1. The maximum absolute atomic E-state index is 13.1. The van der Waals surface area contributed by atoms with Crippen molar-refractivity contribution in [3.63, 3.8) is 0 Å². The molecule has 0 amide bonds. The molecule has 1 aliphatic rings. The average molecular weight is 350 g/mol. The first-order valence-electron chi connectivity index (χ1n) is 7.18. The fourth-order valence-electron chi connectivity index (χ4n) is 2.55. The van der Waals surface area contributed by atoms with E-state index in [-0.39, 0.29) is 22.8 Å². The zero-order chi connectivity index (χ0) is 18.2. The van der Waals surface area contributed by atoms with Crippen molar-refractivity contribution in [2.45, 2.75) is 12.3 Å². The largest absolute Gasteiger partial charge is 0.497 e. The highest BCUT2D eigenvalue weighted by atomic mass is 19.4. The van der Waals surface area contributed by atoms with Crippen molar-refractivity contribution in [2.24, 2.45) is 5.73 Å². The first-order chi connectivity index (χ1) is 11.8. The summed E-state index contributed by atoms with van der Waals surface area (Å²) < 4.78 is 49.5. The molecular weight excluding hydrogens is 337 g/mol. The fraction of sp³-hybridized carbons (Fsp3) is 0.176. The third-order valence-corrected chi connectivity index (χ3v) is 3.72. The molecule has 1 aromatic heterocycles. The third-order valence-electron chi connectivity index (χ3n) is 3.72. The molecule has 8 heteroatoms. The van der Waals surface area contributed by atoms with Gasteiger partial charge in [0.15, 0.2) is 12.0 Å². The van der Waals surface area contributed by atoms with Gasteiger partial charge in [0.25, 0.3) is 0 Å². The smallest absolute Gasteiger partial charge is 0.416 e. The van der Waals surface area contributed by atoms with Gasteiger partial charge in [0.2, 0.25) is 5.78 Å². The quantitative estimate of drug-likeness (QED) is 0.921. The van der Waals surface area contributed by atoms with E-state index in [0.717, 1.165) is 12.1 Å². The highest BCUT2D eigenvalue weighted by Crippen LogP contribution is 2.39. The number of nitrogens with zero attached hydrogens (tertiary/aromatic N) is 1. The van der Waals surface area contributed by atoms with Gasteiger partial charge in [-0.2, -0.15) is 13.2 Å². The number of methoxy groups -OCH3 is 1. The van der Waals surface area contributed by atoms with E-state index in [1.165, 1.54) is 25.6 Å². The minimum Gasteiger partial charge on any atom is -0.497 e. The lowest BCUT2D eigenvalue weighted by atomic mass is 9.96. The summed E-state index contributed by atoms with van der Waals surface area (Å²) in [5.74, 6) is -0.810. The molecular formula is C17H13F3N2O3. The van der Waals surface area contributed by atoms with Crippen LogP contribution < -0.4 is 10.5 Å². The molecule has 130 valence electrons. The van der Waals surface area contributed by atoms with E-state index in [2.05, 4.69) is 4.98 Å². The first-order valence-corrected chi connectivity index (χ1v) is 7.18. The zero-order valence-corrected chi connectivity index (χ0v) is 13.0. The number of ether oxygens (including phenoxy) is 2. The summed E-state index contributed by atoms with van der Waals surface area (Å²) in [5.41, 5.74) is 5.17. The van der Waals surface area contributed by atoms with Crippen LogP contribution in [0.1, 0.15) is 22.8 Å². The summed E-state index contributed by atoms with van der Waals surface area (Å²) in [6, 6.07) is 6.24. The highest BCUT2D eigenvalue weighted by Gasteiger charge is 2.38. The topological polar surface area (TPSA) is 74.4 Å². The number of aromatic nitrogens is 1. The number of hydrogen-bond acceptors (Lipinski definition) is 5. The van der Waals surface area contributed by atoms with Crippen LogP contribution in [0, 0.1) is 0 Å². The minimum absolute atomic E-state index is 0.0134. The Hall–Kier alpha value is -3.03. The molecule has 0 radical (unpaired) electrons. The van der Waals surface area contributed by atoms with Crippen LogP contribution in [-0.2, 0) is 15.7 Å². The van der Waals surface area contributed by atoms with Gasteiger partial charge in [-0.1, -0.05) is 6.07 Å². The van der Waals surface area contributed by atoms with Crippen LogP contribution in [0.25, 0.3) is 5.57 Å². The number of halogens is 3. The number of pyridine rings is 1.